The van der Waals surface area contributed by atoms with E-state index in [9.17, 15) is 14.3 Å². The van der Waals surface area contributed by atoms with Gasteiger partial charge in [-0.1, -0.05) is 0 Å². The molecule has 0 bridgehead atoms. The Balaban J connectivity index is 2.80. The van der Waals surface area contributed by atoms with Crippen LogP contribution in [-0.4, -0.2) is 77.4 Å². The standard InChI is InChI=1S/C10H21BNO8P/c1-12-7(13)5-18-9-8(20-21(14,15)17-3)6(4-16-2)19-10(9)11/h6,8-10H,4-5,11H2,1-3H3,(H,12,13)(H,14,15)/t6-,8?,9+,10-/m1/s1. The van der Waals surface area contributed by atoms with Gasteiger partial charge in [0.15, 0.2) is 0 Å². The van der Waals surface area contributed by atoms with Gasteiger partial charge in [-0.2, -0.15) is 0 Å². The molecule has 1 aliphatic rings. The van der Waals surface area contributed by atoms with Crippen molar-refractivity contribution in [3.05, 3.63) is 0 Å². The summed E-state index contributed by atoms with van der Waals surface area (Å²) in [6, 6.07) is -0.434. The van der Waals surface area contributed by atoms with E-state index in [4.69, 9.17) is 18.7 Å². The highest BCUT2D eigenvalue weighted by molar-refractivity contribution is 7.47. The number of methoxy groups -OCH3 is 1. The fourth-order valence-corrected chi connectivity index (χ4v) is 2.66. The summed E-state index contributed by atoms with van der Waals surface area (Å²) in [5.74, 6) is -0.324. The normalized spacial score (nSPS) is 31.8. The van der Waals surface area contributed by atoms with E-state index in [0.717, 1.165) is 7.11 Å². The summed E-state index contributed by atoms with van der Waals surface area (Å²) in [5, 5.41) is 2.42. The Morgan fingerprint density at radius 1 is 1.43 bits per heavy atom. The molecule has 1 aliphatic heterocycles. The number of amides is 1. The molecule has 9 nitrogen and oxygen atoms in total. The summed E-state index contributed by atoms with van der Waals surface area (Å²) in [5.41, 5.74) is 0. The van der Waals surface area contributed by atoms with Crippen LogP contribution >= 0.6 is 7.82 Å². The lowest BCUT2D eigenvalue weighted by molar-refractivity contribution is -0.129. The number of carbonyl (C=O) groups excluding carboxylic acids is 1. The topological polar surface area (TPSA) is 113 Å². The molecule has 1 saturated heterocycles. The number of likely N-dealkylation sites (N-methyl/N-ethyl adjacent to an activating group) is 1. The number of hydrogen-bond acceptors (Lipinski definition) is 7. The van der Waals surface area contributed by atoms with Crippen LogP contribution in [0.25, 0.3) is 0 Å². The summed E-state index contributed by atoms with van der Waals surface area (Å²) in [4.78, 5) is 20.7. The molecule has 0 spiro atoms. The fourth-order valence-electron chi connectivity index (χ4n) is 2.01. The predicted molar refractivity (Wildman–Crippen MR) is 74.6 cm³/mol. The lowest BCUT2D eigenvalue weighted by Crippen LogP contribution is -2.40. The van der Waals surface area contributed by atoms with Gasteiger partial charge in [-0.15, -0.1) is 0 Å². The highest BCUT2D eigenvalue weighted by Crippen LogP contribution is 2.46. The van der Waals surface area contributed by atoms with Gasteiger partial charge in [-0.25, -0.2) is 4.57 Å². The predicted octanol–water partition coefficient (Wildman–Crippen LogP) is -1.75. The van der Waals surface area contributed by atoms with Gasteiger partial charge in [-0.3, -0.25) is 13.8 Å². The molecule has 0 aromatic heterocycles. The highest BCUT2D eigenvalue weighted by atomic mass is 31.2. The van der Waals surface area contributed by atoms with Crippen molar-refractivity contribution in [2.24, 2.45) is 0 Å². The SMILES string of the molecule is B[C@@H]1O[C@H](COC)C(OP(=O)(O)OC)[C@@H]1OCC(=O)NC. The Labute approximate surface area is 124 Å². The number of ether oxygens (including phenoxy) is 3. The Morgan fingerprint density at radius 3 is 2.62 bits per heavy atom. The number of hydrogen-bond donors (Lipinski definition) is 2. The van der Waals surface area contributed by atoms with Crippen molar-refractivity contribution < 1.29 is 37.5 Å². The van der Waals surface area contributed by atoms with Crippen LogP contribution in [-0.2, 0) is 32.6 Å². The fraction of sp³-hybridized carbons (Fsp3) is 0.900. The molecule has 2 N–H and O–H groups in total. The van der Waals surface area contributed by atoms with E-state index < -0.39 is 32.1 Å². The van der Waals surface area contributed by atoms with Gasteiger partial charge >= 0.3 is 7.82 Å². The van der Waals surface area contributed by atoms with Gasteiger partial charge in [0, 0.05) is 21.3 Å². The molecule has 1 heterocycles. The lowest BCUT2D eigenvalue weighted by atomic mass is 9.93. The van der Waals surface area contributed by atoms with Crippen molar-refractivity contribution in [1.29, 1.82) is 0 Å². The number of rotatable bonds is 8. The van der Waals surface area contributed by atoms with Gasteiger partial charge in [-0.05, 0) is 0 Å². The molecule has 1 rings (SSSR count). The molecular weight excluding hydrogens is 304 g/mol. The molecule has 21 heavy (non-hydrogen) atoms. The van der Waals surface area contributed by atoms with Crippen LogP contribution in [0.15, 0.2) is 0 Å². The first-order valence-corrected chi connectivity index (χ1v) is 7.87. The molecule has 1 amide bonds. The van der Waals surface area contributed by atoms with E-state index in [-0.39, 0.29) is 19.1 Å². The van der Waals surface area contributed by atoms with Crippen LogP contribution in [0.5, 0.6) is 0 Å². The highest BCUT2D eigenvalue weighted by Gasteiger charge is 2.47. The lowest BCUT2D eigenvalue weighted by Gasteiger charge is -2.24. The Kier molecular flexibility index (Phi) is 7.28. The van der Waals surface area contributed by atoms with Crippen LogP contribution in [0, 0.1) is 0 Å². The second kappa shape index (κ2) is 8.23. The maximum Gasteiger partial charge on any atom is 0.472 e. The third-order valence-corrected chi connectivity index (χ3v) is 4.02. The molecule has 0 aromatic carbocycles. The van der Waals surface area contributed by atoms with Gasteiger partial charge < -0.3 is 24.4 Å². The van der Waals surface area contributed by atoms with Gasteiger partial charge in [0.05, 0.1) is 12.6 Å². The monoisotopic (exact) mass is 325 g/mol. The molecular formula is C10H21BNO8P. The van der Waals surface area contributed by atoms with Crippen LogP contribution in [0.3, 0.4) is 0 Å². The minimum absolute atomic E-state index is 0.151. The zero-order chi connectivity index (χ0) is 16.0. The smallest absolute Gasteiger partial charge is 0.382 e. The average molecular weight is 325 g/mol. The van der Waals surface area contributed by atoms with E-state index in [1.165, 1.54) is 14.2 Å². The third-order valence-electron chi connectivity index (χ3n) is 3.04. The number of carbonyl (C=O) groups is 1. The van der Waals surface area contributed by atoms with Gasteiger partial charge in [0.25, 0.3) is 0 Å². The largest absolute Gasteiger partial charge is 0.472 e. The van der Waals surface area contributed by atoms with Crippen molar-refractivity contribution >= 4 is 21.6 Å². The van der Waals surface area contributed by atoms with Crippen molar-refractivity contribution in [3.8, 4) is 0 Å². The molecule has 2 unspecified atom stereocenters. The number of phosphoric ester groups is 1. The summed E-state index contributed by atoms with van der Waals surface area (Å²) >= 11 is 0. The van der Waals surface area contributed by atoms with E-state index >= 15 is 0 Å². The summed E-state index contributed by atoms with van der Waals surface area (Å²) < 4.78 is 37.1. The molecule has 0 radical (unpaired) electrons. The second-order valence-corrected chi connectivity index (χ2v) is 6.02. The first-order valence-electron chi connectivity index (χ1n) is 6.38. The molecule has 5 atom stereocenters. The molecule has 0 saturated carbocycles. The van der Waals surface area contributed by atoms with Crippen molar-refractivity contribution in [2.75, 3.05) is 34.5 Å². The molecule has 11 heteroatoms. The summed E-state index contributed by atoms with van der Waals surface area (Å²) in [6.45, 7) is -0.0598. The maximum atomic E-state index is 11.6. The minimum atomic E-state index is -4.22. The number of phosphoric acid groups is 1. The first-order chi connectivity index (χ1) is 9.84. The van der Waals surface area contributed by atoms with Crippen molar-refractivity contribution in [2.45, 2.75) is 24.3 Å². The molecule has 122 valence electrons. The number of nitrogens with one attached hydrogen (secondary N) is 1. The van der Waals surface area contributed by atoms with E-state index in [0.29, 0.717) is 0 Å². The molecule has 1 fully saturated rings. The Morgan fingerprint density at radius 2 is 2.10 bits per heavy atom. The zero-order valence-corrected chi connectivity index (χ0v) is 13.4. The third kappa shape index (κ3) is 5.34. The maximum absolute atomic E-state index is 11.6. The molecule has 0 aromatic rings. The Hall–Kier alpha value is -0.475. The quantitative estimate of drug-likeness (QED) is 0.399. The average Bonchev–Trinajstić information content (AvgIpc) is 2.72. The molecule has 0 aliphatic carbocycles. The second-order valence-electron chi connectivity index (χ2n) is 4.50. The van der Waals surface area contributed by atoms with E-state index in [1.807, 2.05) is 0 Å². The van der Waals surface area contributed by atoms with Crippen LogP contribution in [0.1, 0.15) is 0 Å². The van der Waals surface area contributed by atoms with E-state index in [2.05, 4.69) is 9.84 Å². The van der Waals surface area contributed by atoms with Crippen LogP contribution < -0.4 is 5.32 Å². The Bertz CT molecular complexity index is 397. The summed E-state index contributed by atoms with van der Waals surface area (Å²) in [7, 11) is 1.51. The van der Waals surface area contributed by atoms with E-state index in [1.54, 1.807) is 7.85 Å². The first kappa shape index (κ1) is 18.6. The summed E-state index contributed by atoms with van der Waals surface area (Å²) in [6.07, 6.45) is -2.19. The van der Waals surface area contributed by atoms with Crippen molar-refractivity contribution in [1.82, 2.24) is 5.32 Å². The van der Waals surface area contributed by atoms with Crippen LogP contribution in [0.2, 0.25) is 0 Å². The minimum Gasteiger partial charge on any atom is -0.382 e. The zero-order valence-electron chi connectivity index (χ0n) is 12.5. The van der Waals surface area contributed by atoms with Gasteiger partial charge in [0.2, 0.25) is 5.91 Å². The van der Waals surface area contributed by atoms with Gasteiger partial charge in [0.1, 0.15) is 32.8 Å². The van der Waals surface area contributed by atoms with Crippen molar-refractivity contribution in [3.63, 3.8) is 0 Å². The van der Waals surface area contributed by atoms with Crippen LogP contribution in [0.4, 0.5) is 0 Å².